The Morgan fingerprint density at radius 1 is 1.00 bits per heavy atom. The van der Waals surface area contributed by atoms with Gasteiger partial charge in [0.1, 0.15) is 0 Å². The molecule has 0 saturated heterocycles. The lowest BCUT2D eigenvalue weighted by molar-refractivity contribution is 1.14. The molecule has 0 bridgehead atoms. The molecule has 2 nitrogen and oxygen atoms in total. The quantitative estimate of drug-likeness (QED) is 0.619. The first-order valence-corrected chi connectivity index (χ1v) is 3.76. The maximum atomic E-state index is 7.57. The molecule has 0 radical (unpaired) electrons. The van der Waals surface area contributed by atoms with Crippen molar-refractivity contribution in [2.24, 2.45) is 0 Å². The molecule has 1 aromatic carbocycles. The maximum absolute atomic E-state index is 7.57. The summed E-state index contributed by atoms with van der Waals surface area (Å²) >= 11 is 0. The Bertz CT molecular complexity index is 463. The van der Waals surface area contributed by atoms with Crippen LogP contribution in [0, 0.1) is 5.41 Å². The Morgan fingerprint density at radius 2 is 1.75 bits per heavy atom. The molecule has 0 saturated carbocycles. The van der Waals surface area contributed by atoms with Gasteiger partial charge in [-0.1, -0.05) is 30.3 Å². The molecule has 1 heterocycles. The van der Waals surface area contributed by atoms with Crippen molar-refractivity contribution in [3.63, 3.8) is 0 Å². The average Bonchev–Trinajstić information content (AvgIpc) is 2.29. The number of nitrogens with one attached hydrogen (secondary N) is 1. The van der Waals surface area contributed by atoms with Gasteiger partial charge in [-0.25, -0.2) is 4.98 Å². The number of fused-ring (bicyclic) bond motifs is 1. The van der Waals surface area contributed by atoms with Crippen molar-refractivity contribution in [1.29, 1.82) is 5.41 Å². The minimum atomic E-state index is 0.329. The molecule has 0 spiro atoms. The first-order valence-electron chi connectivity index (χ1n) is 3.76. The summed E-state index contributed by atoms with van der Waals surface area (Å²) in [5, 5.41) is 9.52. The predicted octanol–water partition coefficient (Wildman–Crippen LogP) is 1.71. The van der Waals surface area contributed by atoms with Crippen LogP contribution in [0.4, 0.5) is 0 Å². The van der Waals surface area contributed by atoms with E-state index in [0.29, 0.717) is 5.49 Å². The van der Waals surface area contributed by atoms with Crippen LogP contribution < -0.4 is 5.49 Å². The highest BCUT2D eigenvalue weighted by atomic mass is 14.7. The number of benzene rings is 1. The van der Waals surface area contributed by atoms with Crippen LogP contribution in [0.3, 0.4) is 0 Å². The lowest BCUT2D eigenvalue weighted by Crippen LogP contribution is -2.00. The minimum absolute atomic E-state index is 0.329. The van der Waals surface area contributed by atoms with Crippen LogP contribution in [0.2, 0.25) is 0 Å². The second kappa shape index (κ2) is 2.74. The average molecular weight is 156 g/mol. The van der Waals surface area contributed by atoms with Crippen molar-refractivity contribution >= 4 is 10.8 Å². The van der Waals surface area contributed by atoms with E-state index in [-0.39, 0.29) is 0 Å². The Kier molecular flexibility index (Phi) is 1.59. The zero-order valence-electron chi connectivity index (χ0n) is 6.49. The summed E-state index contributed by atoms with van der Waals surface area (Å²) < 4.78 is 0. The van der Waals surface area contributed by atoms with Gasteiger partial charge in [0.2, 0.25) is 0 Å². The number of hydrogen-bond acceptors (Lipinski definition) is 2. The van der Waals surface area contributed by atoms with Crippen molar-refractivity contribution in [2.75, 3.05) is 0 Å². The largest absolute Gasteiger partial charge is 0.282 e. The van der Waals surface area contributed by atoms with Crippen LogP contribution in [0.25, 0.3) is 10.8 Å². The normalized spacial score (nSPS) is 10.0. The van der Waals surface area contributed by atoms with Crippen LogP contribution in [0.5, 0.6) is 0 Å². The summed E-state index contributed by atoms with van der Waals surface area (Å²) in [7, 11) is 0. The zero-order chi connectivity index (χ0) is 8.39. The third kappa shape index (κ3) is 1.07. The van der Waals surface area contributed by atoms with E-state index in [1.54, 1.807) is 6.20 Å². The molecule has 0 amide bonds. The fourth-order valence-corrected chi connectivity index (χ4v) is 1.19. The molecule has 0 aliphatic rings. The van der Waals surface area contributed by atoms with Crippen molar-refractivity contribution in [1.82, 2.24) is 4.98 Å². The Labute approximate surface area is 70.0 Å². The second-order valence-corrected chi connectivity index (χ2v) is 2.57. The number of rotatable bonds is 0. The van der Waals surface area contributed by atoms with Gasteiger partial charge >= 0.3 is 0 Å². The van der Waals surface area contributed by atoms with Gasteiger partial charge in [-0.2, -0.15) is 0 Å². The molecule has 0 atom stereocenters. The summed E-state index contributed by atoms with van der Waals surface area (Å²) in [6.45, 7) is 0. The Morgan fingerprint density at radius 3 is 2.67 bits per heavy atom. The maximum Gasteiger partial charge on any atom is 0.152 e. The minimum Gasteiger partial charge on any atom is -0.282 e. The van der Waals surface area contributed by atoms with Gasteiger partial charge < -0.3 is 0 Å². The fourth-order valence-electron chi connectivity index (χ4n) is 1.19. The topological polar surface area (TPSA) is 36.7 Å². The summed E-state index contributed by atoms with van der Waals surface area (Å²) in [5.41, 5.74) is 0.329. The van der Waals surface area contributed by atoms with Gasteiger partial charge in [-0.3, -0.25) is 5.41 Å². The fraction of sp³-hybridized carbons (Fsp3) is 0. The predicted molar refractivity (Wildman–Crippen MR) is 47.6 cm³/mol. The Hall–Kier alpha value is -1.70. The third-order valence-corrected chi connectivity index (χ3v) is 1.78. The van der Waals surface area contributed by atoms with E-state index in [1.165, 1.54) is 0 Å². The second-order valence-electron chi connectivity index (χ2n) is 2.57. The molecule has 58 valence electrons. The molecule has 1 N–H and O–H groups in total. The molecule has 0 fully saturated rings. The van der Waals surface area contributed by atoms with E-state index in [2.05, 4.69) is 4.98 Å². The van der Waals surface area contributed by atoms with E-state index in [1.807, 2.05) is 36.4 Å². The van der Waals surface area contributed by atoms with E-state index >= 15 is 0 Å². The van der Waals surface area contributed by atoms with Crippen LogP contribution in [-0.2, 0) is 0 Å². The van der Waals surface area contributed by atoms with E-state index in [9.17, 15) is 0 Å². The lowest BCUT2D eigenvalue weighted by Gasteiger charge is -1.87. The van der Waals surface area contributed by atoms with Gasteiger partial charge in [0.05, 0.1) is 0 Å². The lowest BCUT2D eigenvalue weighted by atomic mass is 10.2. The molecule has 0 aliphatic carbocycles. The standard InChI is InChI=1S/C10H8N2/c11-10-9-6-2-1-4-8(9)5-3-7-12-10/h1-7,11H. The molecule has 0 aliphatic heterocycles. The first-order chi connectivity index (χ1) is 5.88. The molecular formula is C10H8N2. The SMILES string of the molecule is N=c1ncccc2ccccc12. The van der Waals surface area contributed by atoms with Crippen molar-refractivity contribution in [3.05, 3.63) is 48.1 Å². The molecular weight excluding hydrogens is 148 g/mol. The number of aromatic nitrogens is 1. The van der Waals surface area contributed by atoms with Crippen molar-refractivity contribution in [3.8, 4) is 0 Å². The molecule has 2 rings (SSSR count). The zero-order valence-corrected chi connectivity index (χ0v) is 6.49. The summed E-state index contributed by atoms with van der Waals surface area (Å²) in [6.07, 6.45) is 1.64. The van der Waals surface area contributed by atoms with Crippen LogP contribution in [-0.4, -0.2) is 4.98 Å². The van der Waals surface area contributed by atoms with Crippen LogP contribution in [0.1, 0.15) is 0 Å². The molecule has 12 heavy (non-hydrogen) atoms. The van der Waals surface area contributed by atoms with Gasteiger partial charge in [0.25, 0.3) is 0 Å². The Balaban J connectivity index is 3.06. The van der Waals surface area contributed by atoms with E-state index in [4.69, 9.17) is 5.41 Å². The highest BCUT2D eigenvalue weighted by molar-refractivity contribution is 5.80. The van der Waals surface area contributed by atoms with Gasteiger partial charge in [0.15, 0.2) is 5.49 Å². The van der Waals surface area contributed by atoms with Crippen LogP contribution in [0.15, 0.2) is 42.6 Å². The highest BCUT2D eigenvalue weighted by Crippen LogP contribution is 2.05. The van der Waals surface area contributed by atoms with E-state index in [0.717, 1.165) is 10.8 Å². The molecule has 1 aromatic heterocycles. The molecule has 2 aromatic rings. The summed E-state index contributed by atoms with van der Waals surface area (Å²) in [4.78, 5) is 3.94. The van der Waals surface area contributed by atoms with Gasteiger partial charge in [0, 0.05) is 11.6 Å². The third-order valence-electron chi connectivity index (χ3n) is 1.78. The molecule has 2 heteroatoms. The van der Waals surface area contributed by atoms with Gasteiger partial charge in [-0.15, -0.1) is 0 Å². The summed E-state index contributed by atoms with van der Waals surface area (Å²) in [5.74, 6) is 0. The van der Waals surface area contributed by atoms with Gasteiger partial charge in [-0.05, 0) is 11.5 Å². The van der Waals surface area contributed by atoms with Crippen LogP contribution >= 0.6 is 0 Å². The monoisotopic (exact) mass is 156 g/mol. The summed E-state index contributed by atoms with van der Waals surface area (Å²) in [6, 6.07) is 11.6. The number of nitrogens with zero attached hydrogens (tertiary/aromatic N) is 1. The molecule has 0 unspecified atom stereocenters. The number of hydrogen-bond donors (Lipinski definition) is 1. The first kappa shape index (κ1) is 6.98. The smallest absolute Gasteiger partial charge is 0.152 e. The van der Waals surface area contributed by atoms with Crippen molar-refractivity contribution in [2.45, 2.75) is 0 Å². The highest BCUT2D eigenvalue weighted by Gasteiger charge is 1.89. The van der Waals surface area contributed by atoms with E-state index < -0.39 is 0 Å². The van der Waals surface area contributed by atoms with Crippen molar-refractivity contribution < 1.29 is 0 Å².